The zero-order valence-corrected chi connectivity index (χ0v) is 10.1. The quantitative estimate of drug-likeness (QED) is 0.727. The summed E-state index contributed by atoms with van der Waals surface area (Å²) in [6.07, 6.45) is 0.256. The molecule has 0 unspecified atom stereocenters. The molecule has 0 saturated heterocycles. The second kappa shape index (κ2) is 5.90. The second-order valence-electron chi connectivity index (χ2n) is 3.66. The molecule has 0 spiro atoms. The molecule has 0 fully saturated rings. The van der Waals surface area contributed by atoms with Gasteiger partial charge in [-0.15, -0.1) is 0 Å². The van der Waals surface area contributed by atoms with E-state index < -0.39 is 17.9 Å². The van der Waals surface area contributed by atoms with E-state index in [1.807, 2.05) is 0 Å². The second-order valence-corrected chi connectivity index (χ2v) is 3.66. The first-order valence-electron chi connectivity index (χ1n) is 5.40. The lowest BCUT2D eigenvalue weighted by Gasteiger charge is -2.13. The lowest BCUT2D eigenvalue weighted by atomic mass is 10.1. The number of ether oxygens (including phenoxy) is 1. The van der Waals surface area contributed by atoms with E-state index in [-0.39, 0.29) is 17.7 Å². The van der Waals surface area contributed by atoms with Crippen LogP contribution in [0.2, 0.25) is 0 Å². The van der Waals surface area contributed by atoms with Gasteiger partial charge in [-0.2, -0.15) is 0 Å². The first-order chi connectivity index (χ1) is 8.49. The third-order valence-corrected chi connectivity index (χ3v) is 2.46. The number of amides is 1. The standard InChI is InChI=1S/C12H15NO5/c1-3-9(12(16)17)13-11(15)8-6-7(18-2)4-5-10(8)14/h4-6,9,14H,3H2,1-2H3,(H,13,15)(H,16,17)/t9-/m0/s1. The molecule has 1 amide bonds. The van der Waals surface area contributed by atoms with Crippen LogP contribution in [-0.2, 0) is 4.79 Å². The number of aromatic hydroxyl groups is 1. The molecule has 1 aromatic rings. The molecule has 0 bridgehead atoms. The van der Waals surface area contributed by atoms with Crippen molar-refractivity contribution in [1.29, 1.82) is 0 Å². The van der Waals surface area contributed by atoms with Gasteiger partial charge in [-0.25, -0.2) is 4.79 Å². The van der Waals surface area contributed by atoms with Crippen molar-refractivity contribution in [2.45, 2.75) is 19.4 Å². The maximum absolute atomic E-state index is 11.8. The molecule has 1 rings (SSSR count). The summed E-state index contributed by atoms with van der Waals surface area (Å²) >= 11 is 0. The Hall–Kier alpha value is -2.24. The van der Waals surface area contributed by atoms with Crippen LogP contribution >= 0.6 is 0 Å². The number of hydrogen-bond acceptors (Lipinski definition) is 4. The molecular formula is C12H15NO5. The number of benzene rings is 1. The molecule has 0 aliphatic heterocycles. The van der Waals surface area contributed by atoms with Crippen molar-refractivity contribution in [2.24, 2.45) is 0 Å². The van der Waals surface area contributed by atoms with Gasteiger partial charge in [0.15, 0.2) is 0 Å². The van der Waals surface area contributed by atoms with E-state index in [4.69, 9.17) is 9.84 Å². The SMILES string of the molecule is CC[C@H](NC(=O)c1cc(OC)ccc1O)C(=O)O. The number of carbonyl (C=O) groups is 2. The highest BCUT2D eigenvalue weighted by Gasteiger charge is 2.20. The first-order valence-corrected chi connectivity index (χ1v) is 5.40. The summed E-state index contributed by atoms with van der Waals surface area (Å²) in [6.45, 7) is 1.64. The third kappa shape index (κ3) is 3.13. The van der Waals surface area contributed by atoms with E-state index >= 15 is 0 Å². The van der Waals surface area contributed by atoms with Gasteiger partial charge in [-0.05, 0) is 24.6 Å². The zero-order valence-electron chi connectivity index (χ0n) is 10.1. The smallest absolute Gasteiger partial charge is 0.326 e. The van der Waals surface area contributed by atoms with Crippen molar-refractivity contribution in [3.05, 3.63) is 23.8 Å². The number of rotatable bonds is 5. The average Bonchev–Trinajstić information content (AvgIpc) is 2.35. The molecule has 18 heavy (non-hydrogen) atoms. The van der Waals surface area contributed by atoms with Crippen LogP contribution in [0.25, 0.3) is 0 Å². The molecule has 6 nitrogen and oxygen atoms in total. The third-order valence-electron chi connectivity index (χ3n) is 2.46. The number of phenolic OH excluding ortho intramolecular Hbond substituents is 1. The summed E-state index contributed by atoms with van der Waals surface area (Å²) in [6, 6.07) is 3.18. The van der Waals surface area contributed by atoms with Crippen LogP contribution in [0.5, 0.6) is 11.5 Å². The molecule has 0 aliphatic rings. The fourth-order valence-corrected chi connectivity index (χ4v) is 1.40. The highest BCUT2D eigenvalue weighted by molar-refractivity contribution is 5.99. The van der Waals surface area contributed by atoms with E-state index in [2.05, 4.69) is 5.32 Å². The molecule has 0 saturated carbocycles. The Labute approximate surface area is 104 Å². The molecule has 0 aromatic heterocycles. The number of carboxylic acids is 1. The highest BCUT2D eigenvalue weighted by atomic mass is 16.5. The Balaban J connectivity index is 2.93. The fraction of sp³-hybridized carbons (Fsp3) is 0.333. The van der Waals surface area contributed by atoms with E-state index in [1.54, 1.807) is 6.92 Å². The van der Waals surface area contributed by atoms with Gasteiger partial charge in [0.2, 0.25) is 0 Å². The van der Waals surface area contributed by atoms with Gasteiger partial charge in [0.1, 0.15) is 17.5 Å². The maximum Gasteiger partial charge on any atom is 0.326 e. The minimum Gasteiger partial charge on any atom is -0.507 e. The molecule has 0 aliphatic carbocycles. The van der Waals surface area contributed by atoms with E-state index in [0.717, 1.165) is 0 Å². The van der Waals surface area contributed by atoms with Crippen LogP contribution < -0.4 is 10.1 Å². The fourth-order valence-electron chi connectivity index (χ4n) is 1.40. The van der Waals surface area contributed by atoms with Gasteiger partial charge >= 0.3 is 5.97 Å². The van der Waals surface area contributed by atoms with Gasteiger partial charge in [0.25, 0.3) is 5.91 Å². The summed E-state index contributed by atoms with van der Waals surface area (Å²) in [5.41, 5.74) is -0.0194. The van der Waals surface area contributed by atoms with Crippen LogP contribution in [0, 0.1) is 0 Å². The van der Waals surface area contributed by atoms with Crippen molar-refractivity contribution in [3.8, 4) is 11.5 Å². The first kappa shape index (κ1) is 13.8. The van der Waals surface area contributed by atoms with Crippen LogP contribution in [0.15, 0.2) is 18.2 Å². The van der Waals surface area contributed by atoms with Gasteiger partial charge < -0.3 is 20.3 Å². The number of carbonyl (C=O) groups excluding carboxylic acids is 1. The normalized spacial score (nSPS) is 11.7. The Morgan fingerprint density at radius 2 is 2.11 bits per heavy atom. The molecular weight excluding hydrogens is 238 g/mol. The molecule has 3 N–H and O–H groups in total. The average molecular weight is 253 g/mol. The minimum atomic E-state index is -1.12. The summed E-state index contributed by atoms with van der Waals surface area (Å²) in [5, 5.41) is 20.7. The van der Waals surface area contributed by atoms with Crippen molar-refractivity contribution < 1.29 is 24.5 Å². The number of methoxy groups -OCH3 is 1. The molecule has 0 radical (unpaired) electrons. The number of aliphatic carboxylic acids is 1. The predicted octanol–water partition coefficient (Wildman–Crippen LogP) is 0.994. The van der Waals surface area contributed by atoms with E-state index in [9.17, 15) is 14.7 Å². The Morgan fingerprint density at radius 1 is 1.44 bits per heavy atom. The topological polar surface area (TPSA) is 95.9 Å². The Bertz CT molecular complexity index is 458. The number of hydrogen-bond donors (Lipinski definition) is 3. The minimum absolute atomic E-state index is 0.0194. The summed E-state index contributed by atoms with van der Waals surface area (Å²) < 4.78 is 4.93. The van der Waals surface area contributed by atoms with Crippen molar-refractivity contribution in [3.63, 3.8) is 0 Å². The lowest BCUT2D eigenvalue weighted by Crippen LogP contribution is -2.40. The molecule has 6 heteroatoms. The largest absolute Gasteiger partial charge is 0.507 e. The Kier molecular flexibility index (Phi) is 4.53. The van der Waals surface area contributed by atoms with Crippen molar-refractivity contribution in [1.82, 2.24) is 5.32 Å². The van der Waals surface area contributed by atoms with Crippen molar-refractivity contribution >= 4 is 11.9 Å². The summed E-state index contributed by atoms with van der Waals surface area (Å²) in [5.74, 6) is -1.59. The predicted molar refractivity (Wildman–Crippen MR) is 63.8 cm³/mol. The maximum atomic E-state index is 11.8. The summed E-state index contributed by atoms with van der Waals surface area (Å²) in [7, 11) is 1.43. The van der Waals surface area contributed by atoms with Gasteiger partial charge in [-0.3, -0.25) is 4.79 Å². The van der Waals surface area contributed by atoms with Gasteiger partial charge in [0, 0.05) is 0 Å². The molecule has 1 aromatic carbocycles. The zero-order chi connectivity index (χ0) is 13.7. The number of phenols is 1. The molecule has 0 heterocycles. The van der Waals surface area contributed by atoms with Crippen LogP contribution in [0.3, 0.4) is 0 Å². The van der Waals surface area contributed by atoms with E-state index in [1.165, 1.54) is 25.3 Å². The van der Waals surface area contributed by atoms with Crippen LogP contribution in [0.4, 0.5) is 0 Å². The van der Waals surface area contributed by atoms with E-state index in [0.29, 0.717) is 5.75 Å². The van der Waals surface area contributed by atoms with Crippen LogP contribution in [-0.4, -0.2) is 35.2 Å². The number of carboxylic acid groups (broad SMARTS) is 1. The highest BCUT2D eigenvalue weighted by Crippen LogP contribution is 2.22. The Morgan fingerprint density at radius 3 is 2.61 bits per heavy atom. The monoisotopic (exact) mass is 253 g/mol. The van der Waals surface area contributed by atoms with Crippen LogP contribution in [0.1, 0.15) is 23.7 Å². The van der Waals surface area contributed by atoms with Crippen molar-refractivity contribution in [2.75, 3.05) is 7.11 Å². The molecule has 1 atom stereocenters. The lowest BCUT2D eigenvalue weighted by molar-refractivity contribution is -0.139. The van der Waals surface area contributed by atoms with Gasteiger partial charge in [0.05, 0.1) is 12.7 Å². The van der Waals surface area contributed by atoms with Gasteiger partial charge in [-0.1, -0.05) is 6.92 Å². The number of nitrogens with one attached hydrogen (secondary N) is 1. The summed E-state index contributed by atoms with van der Waals surface area (Å²) in [4.78, 5) is 22.6. The molecule has 98 valence electrons.